The summed E-state index contributed by atoms with van der Waals surface area (Å²) < 4.78 is 5.45. The number of carbonyl (C=O) groups excluding carboxylic acids is 1. The fourth-order valence-electron chi connectivity index (χ4n) is 2.71. The second kappa shape index (κ2) is 7.87. The number of hydrogen-bond acceptors (Lipinski definition) is 3. The Morgan fingerprint density at radius 3 is 2.45 bits per heavy atom. The van der Waals surface area contributed by atoms with E-state index in [-0.39, 0.29) is 6.09 Å². The molecule has 1 unspecified atom stereocenters. The zero-order valence-corrected chi connectivity index (χ0v) is 13.9. The average molecular weight is 284 g/mol. The molecule has 1 saturated heterocycles. The largest absolute Gasteiger partial charge is 0.444 e. The molecule has 1 fully saturated rings. The summed E-state index contributed by atoms with van der Waals surface area (Å²) in [6, 6.07) is 0. The van der Waals surface area contributed by atoms with Gasteiger partial charge < -0.3 is 15.0 Å². The van der Waals surface area contributed by atoms with Crippen molar-refractivity contribution in [3.8, 4) is 0 Å². The Morgan fingerprint density at radius 2 is 1.95 bits per heavy atom. The summed E-state index contributed by atoms with van der Waals surface area (Å²) in [6.07, 6.45) is 3.41. The quantitative estimate of drug-likeness (QED) is 0.842. The molecule has 0 spiro atoms. The molecule has 0 bridgehead atoms. The molecule has 0 aromatic rings. The maximum atomic E-state index is 12.1. The number of piperidine rings is 1. The molecule has 1 heterocycles. The average Bonchev–Trinajstić information content (AvgIpc) is 2.38. The second-order valence-electron chi connectivity index (χ2n) is 6.91. The Labute approximate surface area is 124 Å². The lowest BCUT2D eigenvalue weighted by Gasteiger charge is -2.31. The van der Waals surface area contributed by atoms with Gasteiger partial charge in [-0.3, -0.25) is 0 Å². The van der Waals surface area contributed by atoms with Crippen LogP contribution in [0.3, 0.4) is 0 Å². The van der Waals surface area contributed by atoms with Crippen molar-refractivity contribution in [2.45, 2.75) is 59.5 Å². The number of nitrogens with zero attached hydrogens (tertiary/aromatic N) is 1. The van der Waals surface area contributed by atoms with Gasteiger partial charge in [0.15, 0.2) is 0 Å². The minimum Gasteiger partial charge on any atom is -0.444 e. The Morgan fingerprint density at radius 1 is 1.35 bits per heavy atom. The van der Waals surface area contributed by atoms with Gasteiger partial charge in [-0.1, -0.05) is 6.92 Å². The van der Waals surface area contributed by atoms with E-state index in [9.17, 15) is 4.79 Å². The first kappa shape index (κ1) is 17.3. The maximum absolute atomic E-state index is 12.1. The van der Waals surface area contributed by atoms with Gasteiger partial charge in [0.05, 0.1) is 0 Å². The van der Waals surface area contributed by atoms with Crippen LogP contribution in [0, 0.1) is 11.8 Å². The first-order valence-electron chi connectivity index (χ1n) is 8.02. The van der Waals surface area contributed by atoms with Gasteiger partial charge in [-0.15, -0.1) is 0 Å². The van der Waals surface area contributed by atoms with E-state index in [1.165, 1.54) is 12.8 Å². The highest BCUT2D eigenvalue weighted by Gasteiger charge is 2.24. The van der Waals surface area contributed by atoms with Crippen molar-refractivity contribution < 1.29 is 9.53 Å². The molecule has 0 aromatic heterocycles. The van der Waals surface area contributed by atoms with Gasteiger partial charge in [-0.2, -0.15) is 0 Å². The number of ether oxygens (including phenoxy) is 1. The monoisotopic (exact) mass is 284 g/mol. The van der Waals surface area contributed by atoms with Gasteiger partial charge in [0.2, 0.25) is 0 Å². The zero-order chi connectivity index (χ0) is 15.2. The van der Waals surface area contributed by atoms with Crippen molar-refractivity contribution >= 4 is 6.09 Å². The van der Waals surface area contributed by atoms with E-state index in [1.54, 1.807) is 0 Å². The number of rotatable bonds is 5. The standard InChI is InChI=1S/C16H32N2O2/c1-6-18(15(19)20-16(3,4)5)12-9-13(2)14-7-10-17-11-8-14/h13-14,17H,6-12H2,1-5H3. The van der Waals surface area contributed by atoms with Crippen LogP contribution in [0.25, 0.3) is 0 Å². The van der Waals surface area contributed by atoms with Crippen LogP contribution in [0.1, 0.15) is 53.9 Å². The van der Waals surface area contributed by atoms with E-state index in [0.717, 1.165) is 32.0 Å². The maximum Gasteiger partial charge on any atom is 0.410 e. The van der Waals surface area contributed by atoms with Gasteiger partial charge in [-0.05, 0) is 71.9 Å². The summed E-state index contributed by atoms with van der Waals surface area (Å²) in [4.78, 5) is 13.9. The molecular formula is C16H32N2O2. The smallest absolute Gasteiger partial charge is 0.410 e. The zero-order valence-electron chi connectivity index (χ0n) is 13.9. The predicted octanol–water partition coefficient (Wildman–Crippen LogP) is 3.27. The Kier molecular flexibility index (Phi) is 6.80. The summed E-state index contributed by atoms with van der Waals surface area (Å²) in [5, 5.41) is 3.41. The van der Waals surface area contributed by atoms with E-state index < -0.39 is 5.60 Å². The Balaban J connectivity index is 2.38. The lowest BCUT2D eigenvalue weighted by atomic mass is 9.84. The van der Waals surface area contributed by atoms with Crippen LogP contribution in [0.4, 0.5) is 4.79 Å². The Bertz CT molecular complexity index is 293. The minimum atomic E-state index is -0.412. The van der Waals surface area contributed by atoms with Gasteiger partial charge in [0.1, 0.15) is 5.60 Å². The fourth-order valence-corrected chi connectivity index (χ4v) is 2.71. The van der Waals surface area contributed by atoms with Crippen molar-refractivity contribution in [2.24, 2.45) is 11.8 Å². The third-order valence-electron chi connectivity index (χ3n) is 4.08. The summed E-state index contributed by atoms with van der Waals surface area (Å²) in [7, 11) is 0. The third kappa shape index (κ3) is 6.12. The van der Waals surface area contributed by atoms with E-state index >= 15 is 0 Å². The first-order valence-corrected chi connectivity index (χ1v) is 8.02. The highest BCUT2D eigenvalue weighted by molar-refractivity contribution is 5.68. The van der Waals surface area contributed by atoms with E-state index in [1.807, 2.05) is 32.6 Å². The predicted molar refractivity (Wildman–Crippen MR) is 82.9 cm³/mol. The van der Waals surface area contributed by atoms with Crippen molar-refractivity contribution in [3.63, 3.8) is 0 Å². The lowest BCUT2D eigenvalue weighted by molar-refractivity contribution is 0.0245. The summed E-state index contributed by atoms with van der Waals surface area (Å²) in [6.45, 7) is 13.9. The number of hydrogen-bond donors (Lipinski definition) is 1. The molecule has 1 aliphatic rings. The topological polar surface area (TPSA) is 41.6 Å². The van der Waals surface area contributed by atoms with E-state index in [4.69, 9.17) is 4.74 Å². The van der Waals surface area contributed by atoms with Crippen LogP contribution in [0.5, 0.6) is 0 Å². The molecule has 1 N–H and O–H groups in total. The van der Waals surface area contributed by atoms with Crippen molar-refractivity contribution in [2.75, 3.05) is 26.2 Å². The highest BCUT2D eigenvalue weighted by Crippen LogP contribution is 2.24. The summed E-state index contributed by atoms with van der Waals surface area (Å²) in [5.74, 6) is 1.47. The summed E-state index contributed by atoms with van der Waals surface area (Å²) >= 11 is 0. The molecule has 0 aromatic carbocycles. The van der Waals surface area contributed by atoms with Crippen LogP contribution in [0.15, 0.2) is 0 Å². The van der Waals surface area contributed by atoms with Gasteiger partial charge in [0.25, 0.3) is 0 Å². The molecule has 118 valence electrons. The van der Waals surface area contributed by atoms with Gasteiger partial charge >= 0.3 is 6.09 Å². The van der Waals surface area contributed by atoms with Gasteiger partial charge in [0, 0.05) is 13.1 Å². The van der Waals surface area contributed by atoms with Gasteiger partial charge in [-0.25, -0.2) is 4.79 Å². The van der Waals surface area contributed by atoms with Crippen molar-refractivity contribution in [1.82, 2.24) is 10.2 Å². The normalized spacial score (nSPS) is 18.6. The van der Waals surface area contributed by atoms with Crippen molar-refractivity contribution in [3.05, 3.63) is 0 Å². The third-order valence-corrected chi connectivity index (χ3v) is 4.08. The van der Waals surface area contributed by atoms with Crippen molar-refractivity contribution in [1.29, 1.82) is 0 Å². The van der Waals surface area contributed by atoms with Crippen LogP contribution in [-0.4, -0.2) is 42.8 Å². The lowest BCUT2D eigenvalue weighted by Crippen LogP contribution is -2.38. The molecule has 1 amide bonds. The fraction of sp³-hybridized carbons (Fsp3) is 0.938. The number of nitrogens with one attached hydrogen (secondary N) is 1. The molecule has 20 heavy (non-hydrogen) atoms. The van der Waals surface area contributed by atoms with Crippen LogP contribution in [0.2, 0.25) is 0 Å². The van der Waals surface area contributed by atoms with E-state index in [2.05, 4.69) is 12.2 Å². The highest BCUT2D eigenvalue weighted by atomic mass is 16.6. The molecule has 0 saturated carbocycles. The number of carbonyl (C=O) groups is 1. The molecule has 1 atom stereocenters. The SMILES string of the molecule is CCN(CCC(C)C1CCNCC1)C(=O)OC(C)(C)C. The molecule has 1 rings (SSSR count). The van der Waals surface area contributed by atoms with E-state index in [0.29, 0.717) is 12.5 Å². The molecular weight excluding hydrogens is 252 g/mol. The molecule has 0 radical (unpaired) electrons. The first-order chi connectivity index (χ1) is 9.33. The summed E-state index contributed by atoms with van der Waals surface area (Å²) in [5.41, 5.74) is -0.412. The molecule has 0 aliphatic carbocycles. The van der Waals surface area contributed by atoms with Crippen LogP contribution >= 0.6 is 0 Å². The van der Waals surface area contributed by atoms with Crippen LogP contribution < -0.4 is 5.32 Å². The molecule has 4 heteroatoms. The minimum absolute atomic E-state index is 0.183. The van der Waals surface area contributed by atoms with Crippen LogP contribution in [-0.2, 0) is 4.74 Å². The molecule has 1 aliphatic heterocycles. The number of amides is 1. The second-order valence-corrected chi connectivity index (χ2v) is 6.91. The Hall–Kier alpha value is -0.770. The molecule has 4 nitrogen and oxygen atoms in total.